The summed E-state index contributed by atoms with van der Waals surface area (Å²) in [6, 6.07) is 7.22. The Morgan fingerprint density at radius 3 is 2.74 bits per heavy atom. The summed E-state index contributed by atoms with van der Waals surface area (Å²) in [4.78, 5) is 24.8. The van der Waals surface area contributed by atoms with Gasteiger partial charge in [0.2, 0.25) is 0 Å². The highest BCUT2D eigenvalue weighted by molar-refractivity contribution is 7.14. The van der Waals surface area contributed by atoms with Gasteiger partial charge in [-0.05, 0) is 29.0 Å². The molecule has 3 aromatic rings. The topological polar surface area (TPSA) is 81.0 Å². The van der Waals surface area contributed by atoms with Crippen LogP contribution in [0.5, 0.6) is 0 Å². The molecular weight excluding hydrogens is 334 g/mol. The number of nitrogens with one attached hydrogen (secondary N) is 2. The number of amides is 2. The van der Waals surface area contributed by atoms with E-state index in [-0.39, 0.29) is 11.7 Å². The molecule has 2 N–H and O–H groups in total. The van der Waals surface area contributed by atoms with Gasteiger partial charge in [-0.1, -0.05) is 6.07 Å². The summed E-state index contributed by atoms with van der Waals surface area (Å²) in [5.41, 5.74) is -0.200. The third-order valence-electron chi connectivity index (χ3n) is 3.15. The maximum atomic E-state index is 12.2. The summed E-state index contributed by atoms with van der Waals surface area (Å²) in [5.74, 6) is 0.632. The summed E-state index contributed by atoms with van der Waals surface area (Å²) < 4.78 is 2.87. The number of thiophene rings is 2. The van der Waals surface area contributed by atoms with Crippen LogP contribution in [0.3, 0.4) is 0 Å². The van der Waals surface area contributed by atoms with Gasteiger partial charge < -0.3 is 5.32 Å². The lowest BCUT2D eigenvalue weighted by molar-refractivity contribution is 0.251. The molecule has 2 amide bonds. The third-order valence-corrected chi connectivity index (χ3v) is 4.80. The predicted molar refractivity (Wildman–Crippen MR) is 92.1 cm³/mol. The Balaban J connectivity index is 1.59. The standard InChI is InChI=1S/C14H15N5O2S2/c1-18-12(10-4-2-8-22-10)17-19(14(18)21)7-6-15-13(20)16-11-5-3-9-23-11/h2-5,8-9H,6-7H2,1H3,(H2,15,16,20). The highest BCUT2D eigenvalue weighted by Crippen LogP contribution is 2.20. The van der Waals surface area contributed by atoms with Gasteiger partial charge in [-0.25, -0.2) is 14.3 Å². The van der Waals surface area contributed by atoms with E-state index in [2.05, 4.69) is 15.7 Å². The number of nitrogens with zero attached hydrogens (tertiary/aromatic N) is 3. The van der Waals surface area contributed by atoms with E-state index >= 15 is 0 Å². The van der Waals surface area contributed by atoms with Gasteiger partial charge in [0.15, 0.2) is 5.82 Å². The van der Waals surface area contributed by atoms with Gasteiger partial charge in [0.1, 0.15) is 0 Å². The summed E-state index contributed by atoms with van der Waals surface area (Å²) in [5, 5.41) is 14.4. The molecule has 0 aromatic carbocycles. The average molecular weight is 349 g/mol. The lowest BCUT2D eigenvalue weighted by Gasteiger charge is -2.05. The van der Waals surface area contributed by atoms with Crippen molar-refractivity contribution >= 4 is 33.7 Å². The largest absolute Gasteiger partial charge is 0.346 e. The molecule has 0 aliphatic heterocycles. The Labute approximate surface area is 140 Å². The maximum Gasteiger partial charge on any atom is 0.346 e. The van der Waals surface area contributed by atoms with Crippen LogP contribution in [-0.4, -0.2) is 26.9 Å². The Morgan fingerprint density at radius 1 is 1.26 bits per heavy atom. The van der Waals surface area contributed by atoms with E-state index in [1.165, 1.54) is 31.9 Å². The molecule has 0 atom stereocenters. The normalized spacial score (nSPS) is 10.7. The summed E-state index contributed by atoms with van der Waals surface area (Å²) in [7, 11) is 1.69. The zero-order chi connectivity index (χ0) is 16.2. The molecule has 120 valence electrons. The second kappa shape index (κ2) is 6.80. The first-order chi connectivity index (χ1) is 11.1. The molecule has 7 nitrogen and oxygen atoms in total. The lowest BCUT2D eigenvalue weighted by atomic mass is 10.4. The van der Waals surface area contributed by atoms with E-state index in [1.54, 1.807) is 7.05 Å². The second-order valence-electron chi connectivity index (χ2n) is 4.72. The van der Waals surface area contributed by atoms with E-state index in [1.807, 2.05) is 35.0 Å². The van der Waals surface area contributed by atoms with E-state index in [0.717, 1.165) is 9.88 Å². The van der Waals surface area contributed by atoms with Crippen LogP contribution in [0, 0.1) is 0 Å². The monoisotopic (exact) mass is 349 g/mol. The zero-order valence-corrected chi connectivity index (χ0v) is 14.0. The van der Waals surface area contributed by atoms with Crippen LogP contribution in [0.4, 0.5) is 9.80 Å². The minimum atomic E-state index is -0.296. The molecule has 0 fully saturated rings. The second-order valence-corrected chi connectivity index (χ2v) is 6.62. The fourth-order valence-electron chi connectivity index (χ4n) is 2.04. The van der Waals surface area contributed by atoms with Crippen LogP contribution in [-0.2, 0) is 13.6 Å². The lowest BCUT2D eigenvalue weighted by Crippen LogP contribution is -2.34. The first kappa shape index (κ1) is 15.5. The van der Waals surface area contributed by atoms with Crippen molar-refractivity contribution in [2.45, 2.75) is 6.54 Å². The molecule has 9 heteroatoms. The first-order valence-corrected chi connectivity index (χ1v) is 8.67. The Kier molecular flexibility index (Phi) is 4.58. The highest BCUT2D eigenvalue weighted by Gasteiger charge is 2.12. The zero-order valence-electron chi connectivity index (χ0n) is 12.4. The van der Waals surface area contributed by atoms with Crippen LogP contribution < -0.4 is 16.3 Å². The molecular formula is C14H15N5O2S2. The van der Waals surface area contributed by atoms with E-state index in [4.69, 9.17) is 0 Å². The van der Waals surface area contributed by atoms with E-state index < -0.39 is 0 Å². The van der Waals surface area contributed by atoms with E-state index in [9.17, 15) is 9.59 Å². The fourth-order valence-corrected chi connectivity index (χ4v) is 3.39. The van der Waals surface area contributed by atoms with Gasteiger partial charge >= 0.3 is 11.7 Å². The summed E-state index contributed by atoms with van der Waals surface area (Å²) in [6.45, 7) is 0.633. The van der Waals surface area contributed by atoms with Crippen molar-refractivity contribution in [2.24, 2.45) is 7.05 Å². The van der Waals surface area contributed by atoms with Gasteiger partial charge in [-0.2, -0.15) is 0 Å². The SMILES string of the molecule is Cn1c(-c2cccs2)nn(CCNC(=O)Nc2cccs2)c1=O. The van der Waals surface area contributed by atoms with Crippen LogP contribution in [0.15, 0.2) is 39.8 Å². The molecule has 0 spiro atoms. The maximum absolute atomic E-state index is 12.2. The minimum Gasteiger partial charge on any atom is -0.336 e. The smallest absolute Gasteiger partial charge is 0.336 e. The van der Waals surface area contributed by atoms with Crippen LogP contribution >= 0.6 is 22.7 Å². The first-order valence-electron chi connectivity index (χ1n) is 6.91. The van der Waals surface area contributed by atoms with Gasteiger partial charge in [0.25, 0.3) is 0 Å². The molecule has 0 aliphatic rings. The average Bonchev–Trinajstić information content (AvgIpc) is 3.26. The number of hydrogen-bond donors (Lipinski definition) is 2. The van der Waals surface area contributed by atoms with Gasteiger partial charge in [0, 0.05) is 13.6 Å². The Bertz CT molecular complexity index is 833. The van der Waals surface area contributed by atoms with Gasteiger partial charge in [0.05, 0.1) is 16.4 Å². The molecule has 3 aromatic heterocycles. The van der Waals surface area contributed by atoms with Crippen molar-refractivity contribution in [3.63, 3.8) is 0 Å². The van der Waals surface area contributed by atoms with Crippen molar-refractivity contribution in [3.05, 3.63) is 45.5 Å². The number of carbonyl (C=O) groups excluding carboxylic acids is 1. The summed E-state index contributed by atoms with van der Waals surface area (Å²) in [6.07, 6.45) is 0. The van der Waals surface area contributed by atoms with Crippen LogP contribution in [0.2, 0.25) is 0 Å². The van der Waals surface area contributed by atoms with Crippen molar-refractivity contribution in [1.29, 1.82) is 0 Å². The minimum absolute atomic E-state index is 0.200. The number of hydrogen-bond acceptors (Lipinski definition) is 5. The molecule has 3 heterocycles. The molecule has 0 bridgehead atoms. The van der Waals surface area contributed by atoms with Crippen molar-refractivity contribution in [2.75, 3.05) is 11.9 Å². The van der Waals surface area contributed by atoms with Gasteiger partial charge in [-0.3, -0.25) is 9.88 Å². The third kappa shape index (κ3) is 3.51. The number of urea groups is 1. The highest BCUT2D eigenvalue weighted by atomic mass is 32.1. The van der Waals surface area contributed by atoms with Crippen molar-refractivity contribution < 1.29 is 4.79 Å². The van der Waals surface area contributed by atoms with E-state index in [0.29, 0.717) is 18.9 Å². The quantitative estimate of drug-likeness (QED) is 0.741. The molecule has 0 radical (unpaired) electrons. The Morgan fingerprint density at radius 2 is 2.04 bits per heavy atom. The Hall–Kier alpha value is -2.39. The van der Waals surface area contributed by atoms with Gasteiger partial charge in [-0.15, -0.1) is 27.8 Å². The number of rotatable bonds is 5. The van der Waals surface area contributed by atoms with Crippen molar-refractivity contribution in [1.82, 2.24) is 19.7 Å². The molecule has 0 aliphatic carbocycles. The number of carbonyl (C=O) groups is 1. The predicted octanol–water partition coefficient (Wildman–Crippen LogP) is 2.19. The molecule has 0 saturated carbocycles. The number of aromatic nitrogens is 3. The molecule has 0 unspecified atom stereocenters. The van der Waals surface area contributed by atoms with Crippen LogP contribution in [0.25, 0.3) is 10.7 Å². The van der Waals surface area contributed by atoms with Crippen LogP contribution in [0.1, 0.15) is 0 Å². The molecule has 3 rings (SSSR count). The molecule has 23 heavy (non-hydrogen) atoms. The number of anilines is 1. The molecule has 0 saturated heterocycles. The van der Waals surface area contributed by atoms with Crippen molar-refractivity contribution in [3.8, 4) is 10.7 Å². The fraction of sp³-hybridized carbons (Fsp3) is 0.214. The summed E-state index contributed by atoms with van der Waals surface area (Å²) >= 11 is 2.97.